The summed E-state index contributed by atoms with van der Waals surface area (Å²) in [5, 5.41) is 5.57. The van der Waals surface area contributed by atoms with Gasteiger partial charge in [0.25, 0.3) is 0 Å². The van der Waals surface area contributed by atoms with Gasteiger partial charge in [-0.05, 0) is 82.1 Å². The van der Waals surface area contributed by atoms with E-state index in [0.717, 1.165) is 18.4 Å². The van der Waals surface area contributed by atoms with E-state index in [4.69, 9.17) is 20.3 Å². The van der Waals surface area contributed by atoms with Crippen molar-refractivity contribution in [1.82, 2.24) is 24.6 Å². The summed E-state index contributed by atoms with van der Waals surface area (Å²) >= 11 is 0. The van der Waals surface area contributed by atoms with Gasteiger partial charge >= 0.3 is 6.09 Å². The van der Waals surface area contributed by atoms with Gasteiger partial charge in [-0.25, -0.2) is 23.8 Å². The first kappa shape index (κ1) is 24.5. The largest absolute Gasteiger partial charge is 0.457 e. The number of anilines is 1. The molecule has 1 amide bonds. The summed E-state index contributed by atoms with van der Waals surface area (Å²) < 4.78 is 26.4. The average molecular weight is 505 g/mol. The Balaban J connectivity index is 1.44. The van der Waals surface area contributed by atoms with Crippen LogP contribution in [-0.2, 0) is 4.74 Å². The Morgan fingerprint density at radius 1 is 1.05 bits per heavy atom. The van der Waals surface area contributed by atoms with Crippen molar-refractivity contribution >= 4 is 22.9 Å². The van der Waals surface area contributed by atoms with Crippen molar-refractivity contribution in [2.45, 2.75) is 45.3 Å². The van der Waals surface area contributed by atoms with E-state index in [-0.39, 0.29) is 18.0 Å². The van der Waals surface area contributed by atoms with E-state index in [1.54, 1.807) is 17.0 Å². The molecule has 0 saturated carbocycles. The second-order valence-corrected chi connectivity index (χ2v) is 10.1. The molecule has 1 unspecified atom stereocenters. The molecule has 2 aromatic heterocycles. The summed E-state index contributed by atoms with van der Waals surface area (Å²) in [6, 6.07) is 13.1. The minimum Gasteiger partial charge on any atom is -0.457 e. The third-order valence-electron chi connectivity index (χ3n) is 6.09. The average Bonchev–Trinajstić information content (AvgIpc) is 3.26. The zero-order valence-corrected chi connectivity index (χ0v) is 21.0. The van der Waals surface area contributed by atoms with Crippen LogP contribution in [-0.4, -0.2) is 49.4 Å². The number of halogens is 1. The molecule has 2 aromatic carbocycles. The van der Waals surface area contributed by atoms with E-state index < -0.39 is 5.60 Å². The Bertz CT molecular complexity index is 1410. The van der Waals surface area contributed by atoms with Crippen molar-refractivity contribution in [3.8, 4) is 22.8 Å². The van der Waals surface area contributed by atoms with Crippen LogP contribution in [0.5, 0.6) is 11.5 Å². The number of benzene rings is 2. The molecular weight excluding hydrogens is 475 g/mol. The predicted octanol–water partition coefficient (Wildman–Crippen LogP) is 5.58. The van der Waals surface area contributed by atoms with Gasteiger partial charge in [0.15, 0.2) is 5.65 Å². The first-order chi connectivity index (χ1) is 17.7. The molecule has 1 saturated heterocycles. The van der Waals surface area contributed by atoms with Crippen LogP contribution < -0.4 is 10.5 Å². The molecule has 37 heavy (non-hydrogen) atoms. The zero-order valence-electron chi connectivity index (χ0n) is 21.0. The fraction of sp³-hybridized carbons (Fsp3) is 0.333. The number of hydrogen-bond donors (Lipinski definition) is 1. The summed E-state index contributed by atoms with van der Waals surface area (Å²) in [5.41, 5.74) is 7.80. The highest BCUT2D eigenvalue weighted by Crippen LogP contribution is 2.35. The van der Waals surface area contributed by atoms with Crippen molar-refractivity contribution < 1.29 is 18.7 Å². The summed E-state index contributed by atoms with van der Waals surface area (Å²) in [4.78, 5) is 23.1. The van der Waals surface area contributed by atoms with Crippen LogP contribution in [0.25, 0.3) is 22.3 Å². The van der Waals surface area contributed by atoms with Gasteiger partial charge in [0.05, 0.1) is 11.4 Å². The number of rotatable bonds is 4. The van der Waals surface area contributed by atoms with Gasteiger partial charge in [-0.15, -0.1) is 0 Å². The molecule has 1 fully saturated rings. The predicted molar refractivity (Wildman–Crippen MR) is 138 cm³/mol. The number of carbonyl (C=O) groups is 1. The molecule has 1 atom stereocenters. The molecule has 2 N–H and O–H groups in total. The fourth-order valence-corrected chi connectivity index (χ4v) is 4.42. The van der Waals surface area contributed by atoms with Gasteiger partial charge in [-0.1, -0.05) is 0 Å². The number of nitrogen functional groups attached to an aromatic ring is 1. The molecule has 10 heteroatoms. The van der Waals surface area contributed by atoms with E-state index >= 15 is 0 Å². The molecule has 1 aliphatic rings. The molecule has 0 radical (unpaired) electrons. The molecule has 5 rings (SSSR count). The third-order valence-corrected chi connectivity index (χ3v) is 6.09. The Kier molecular flexibility index (Phi) is 6.41. The van der Waals surface area contributed by atoms with Crippen LogP contribution in [0, 0.1) is 5.82 Å². The number of likely N-dealkylation sites (tertiary alicyclic amines) is 1. The lowest BCUT2D eigenvalue weighted by Gasteiger charge is -2.34. The summed E-state index contributed by atoms with van der Waals surface area (Å²) in [6.45, 7) is 6.66. The Labute approximate surface area is 214 Å². The highest BCUT2D eigenvalue weighted by molar-refractivity contribution is 5.98. The number of nitrogens with two attached hydrogens (primary N) is 1. The minimum atomic E-state index is -0.566. The number of piperidine rings is 1. The summed E-state index contributed by atoms with van der Waals surface area (Å²) in [6.07, 6.45) is 2.74. The van der Waals surface area contributed by atoms with Gasteiger partial charge in [-0.2, -0.15) is 5.10 Å². The molecule has 9 nitrogen and oxygen atoms in total. The first-order valence-electron chi connectivity index (χ1n) is 12.2. The minimum absolute atomic E-state index is 0.0899. The maximum Gasteiger partial charge on any atom is 0.410 e. The zero-order chi connectivity index (χ0) is 26.2. The van der Waals surface area contributed by atoms with Crippen molar-refractivity contribution in [2.75, 3.05) is 18.8 Å². The molecule has 0 aliphatic carbocycles. The second-order valence-electron chi connectivity index (χ2n) is 10.1. The lowest BCUT2D eigenvalue weighted by Crippen LogP contribution is -2.43. The number of carbonyl (C=O) groups excluding carboxylic acids is 1. The van der Waals surface area contributed by atoms with Gasteiger partial charge in [0.1, 0.15) is 40.8 Å². The quantitative estimate of drug-likeness (QED) is 0.386. The molecular formula is C27H29FN6O3. The van der Waals surface area contributed by atoms with Crippen LogP contribution >= 0.6 is 0 Å². The first-order valence-corrected chi connectivity index (χ1v) is 12.2. The molecule has 192 valence electrons. The summed E-state index contributed by atoms with van der Waals surface area (Å²) in [5.74, 6) is 1.15. The Morgan fingerprint density at radius 2 is 1.73 bits per heavy atom. The smallest absolute Gasteiger partial charge is 0.410 e. The van der Waals surface area contributed by atoms with Crippen molar-refractivity contribution in [3.05, 3.63) is 60.7 Å². The normalized spacial score (nSPS) is 16.1. The number of fused-ring (bicyclic) bond motifs is 1. The van der Waals surface area contributed by atoms with Crippen LogP contribution in [0.15, 0.2) is 54.9 Å². The third kappa shape index (κ3) is 5.32. The molecule has 3 heterocycles. The van der Waals surface area contributed by atoms with E-state index in [9.17, 15) is 9.18 Å². The molecule has 4 aromatic rings. The van der Waals surface area contributed by atoms with E-state index in [1.165, 1.54) is 18.5 Å². The summed E-state index contributed by atoms with van der Waals surface area (Å²) in [7, 11) is 0. The number of aromatic nitrogens is 4. The van der Waals surface area contributed by atoms with E-state index in [2.05, 4.69) is 9.97 Å². The highest BCUT2D eigenvalue weighted by Gasteiger charge is 2.31. The maximum atomic E-state index is 13.2. The Morgan fingerprint density at radius 3 is 2.41 bits per heavy atom. The standard InChI is InChI=1S/C27H29FN6O3/c1-27(2,3)37-26(35)33-14-4-5-19(15-33)34-25-22(24(29)30-16-31-25)23(32-34)17-6-10-20(11-7-17)36-21-12-8-18(28)9-13-21/h6-13,16,19H,4-5,14-15H2,1-3H3,(H2,29,30,31). The number of hydrogen-bond acceptors (Lipinski definition) is 7. The fourth-order valence-electron chi connectivity index (χ4n) is 4.42. The van der Waals surface area contributed by atoms with Crippen LogP contribution in [0.2, 0.25) is 0 Å². The van der Waals surface area contributed by atoms with Gasteiger partial charge in [0, 0.05) is 18.7 Å². The lowest BCUT2D eigenvalue weighted by atomic mass is 10.1. The van der Waals surface area contributed by atoms with Gasteiger partial charge < -0.3 is 20.1 Å². The molecule has 1 aliphatic heterocycles. The van der Waals surface area contributed by atoms with Crippen LogP contribution in [0.1, 0.15) is 39.7 Å². The van der Waals surface area contributed by atoms with E-state index in [1.807, 2.05) is 49.7 Å². The van der Waals surface area contributed by atoms with Crippen molar-refractivity contribution in [2.24, 2.45) is 0 Å². The van der Waals surface area contributed by atoms with Crippen molar-refractivity contribution in [1.29, 1.82) is 0 Å². The number of ether oxygens (including phenoxy) is 2. The van der Waals surface area contributed by atoms with Gasteiger partial charge in [0.2, 0.25) is 0 Å². The van der Waals surface area contributed by atoms with Crippen LogP contribution in [0.3, 0.4) is 0 Å². The molecule has 0 bridgehead atoms. The highest BCUT2D eigenvalue weighted by atomic mass is 19.1. The Hall–Kier alpha value is -4.21. The second kappa shape index (κ2) is 9.68. The van der Waals surface area contributed by atoms with Crippen LogP contribution in [0.4, 0.5) is 15.0 Å². The monoisotopic (exact) mass is 504 g/mol. The number of nitrogens with zero attached hydrogens (tertiary/aromatic N) is 5. The lowest BCUT2D eigenvalue weighted by molar-refractivity contribution is 0.0169. The van der Waals surface area contributed by atoms with Gasteiger partial charge in [-0.3, -0.25) is 0 Å². The van der Waals surface area contributed by atoms with Crippen molar-refractivity contribution in [3.63, 3.8) is 0 Å². The van der Waals surface area contributed by atoms with E-state index in [0.29, 0.717) is 47.1 Å². The SMILES string of the molecule is CC(C)(C)OC(=O)N1CCCC(n2nc(-c3ccc(Oc4ccc(F)cc4)cc3)c3c(N)ncnc32)C1. The molecule has 0 spiro atoms. The topological polar surface area (TPSA) is 108 Å². The number of amides is 1. The maximum absolute atomic E-state index is 13.2.